The molecule has 0 aliphatic rings. The molecule has 0 aliphatic carbocycles. The Morgan fingerprint density at radius 1 is 1.47 bits per heavy atom. The Hall–Kier alpha value is -0.870. The lowest BCUT2D eigenvalue weighted by Crippen LogP contribution is -2.41. The van der Waals surface area contributed by atoms with Crippen LogP contribution in [0.3, 0.4) is 0 Å². The summed E-state index contributed by atoms with van der Waals surface area (Å²) in [7, 11) is 0. The minimum atomic E-state index is -0.412. The molecule has 0 bridgehead atoms. The Morgan fingerprint density at radius 3 is 2.71 bits per heavy atom. The van der Waals surface area contributed by atoms with E-state index in [4.69, 9.17) is 5.73 Å². The molecule has 1 rings (SSSR count). The van der Waals surface area contributed by atoms with Gasteiger partial charge in [-0.1, -0.05) is 47.5 Å². The second kappa shape index (κ2) is 6.77. The molecule has 0 fully saturated rings. The second-order valence-electron chi connectivity index (χ2n) is 4.15. The summed E-state index contributed by atoms with van der Waals surface area (Å²) >= 11 is 3.47. The number of carbonyl (C=O) groups is 1. The number of amides is 1. The van der Waals surface area contributed by atoms with Crippen molar-refractivity contribution in [2.45, 2.75) is 38.8 Å². The lowest BCUT2D eigenvalue weighted by molar-refractivity contribution is -0.123. The normalized spacial score (nSPS) is 14.1. The molecule has 0 aliphatic heterocycles. The lowest BCUT2D eigenvalue weighted by atomic mass is 10.1. The molecule has 1 aromatic carbocycles. The summed E-state index contributed by atoms with van der Waals surface area (Å²) in [5.74, 6) is -0.0879. The van der Waals surface area contributed by atoms with Crippen LogP contribution in [-0.2, 0) is 4.79 Å². The van der Waals surface area contributed by atoms with Crippen molar-refractivity contribution in [1.29, 1.82) is 0 Å². The van der Waals surface area contributed by atoms with Crippen LogP contribution in [0.2, 0.25) is 0 Å². The fourth-order valence-corrected chi connectivity index (χ4v) is 2.29. The van der Waals surface area contributed by atoms with Gasteiger partial charge in [0.05, 0.1) is 12.1 Å². The van der Waals surface area contributed by atoms with E-state index in [1.54, 1.807) is 0 Å². The number of hydrogen-bond acceptors (Lipinski definition) is 2. The predicted octanol–water partition coefficient (Wildman–Crippen LogP) is 2.75. The summed E-state index contributed by atoms with van der Waals surface area (Å²) in [5, 5.41) is 2.93. The first-order valence-electron chi connectivity index (χ1n) is 5.86. The van der Waals surface area contributed by atoms with Crippen LogP contribution in [0.5, 0.6) is 0 Å². The fraction of sp³-hybridized carbons (Fsp3) is 0.462. The van der Waals surface area contributed by atoms with Gasteiger partial charge in [0.25, 0.3) is 0 Å². The monoisotopic (exact) mass is 298 g/mol. The maximum atomic E-state index is 11.8. The van der Waals surface area contributed by atoms with Crippen molar-refractivity contribution in [3.63, 3.8) is 0 Å². The number of halogens is 1. The van der Waals surface area contributed by atoms with Crippen LogP contribution < -0.4 is 11.1 Å². The number of rotatable bonds is 5. The van der Waals surface area contributed by atoms with Crippen molar-refractivity contribution in [2.75, 3.05) is 0 Å². The first-order valence-corrected chi connectivity index (χ1v) is 6.66. The minimum absolute atomic E-state index is 0.0408. The Morgan fingerprint density at radius 2 is 2.12 bits per heavy atom. The molecule has 17 heavy (non-hydrogen) atoms. The SMILES string of the molecule is CCC[C@H](N)C(=O)NC(C)c1ccccc1Br. The van der Waals surface area contributed by atoms with E-state index in [1.165, 1.54) is 0 Å². The van der Waals surface area contributed by atoms with Gasteiger partial charge in [0.15, 0.2) is 0 Å². The van der Waals surface area contributed by atoms with E-state index in [9.17, 15) is 4.79 Å². The maximum absolute atomic E-state index is 11.8. The minimum Gasteiger partial charge on any atom is -0.348 e. The molecule has 0 saturated carbocycles. The third kappa shape index (κ3) is 4.13. The van der Waals surface area contributed by atoms with E-state index in [-0.39, 0.29) is 11.9 Å². The molecule has 0 radical (unpaired) electrons. The van der Waals surface area contributed by atoms with E-state index in [1.807, 2.05) is 38.1 Å². The molecule has 1 amide bonds. The van der Waals surface area contributed by atoms with Crippen molar-refractivity contribution < 1.29 is 4.79 Å². The third-order valence-corrected chi connectivity index (χ3v) is 3.39. The quantitative estimate of drug-likeness (QED) is 0.878. The van der Waals surface area contributed by atoms with Crippen LogP contribution in [0, 0.1) is 0 Å². The smallest absolute Gasteiger partial charge is 0.237 e. The van der Waals surface area contributed by atoms with E-state index in [0.717, 1.165) is 16.5 Å². The highest BCUT2D eigenvalue weighted by molar-refractivity contribution is 9.10. The molecule has 0 spiro atoms. The number of carbonyl (C=O) groups excluding carboxylic acids is 1. The Bertz CT molecular complexity index is 381. The number of hydrogen-bond donors (Lipinski definition) is 2. The largest absolute Gasteiger partial charge is 0.348 e. The van der Waals surface area contributed by atoms with Crippen LogP contribution >= 0.6 is 15.9 Å². The zero-order valence-electron chi connectivity index (χ0n) is 10.2. The third-order valence-electron chi connectivity index (χ3n) is 2.67. The average Bonchev–Trinajstić information content (AvgIpc) is 2.29. The Balaban J connectivity index is 2.63. The molecule has 1 unspecified atom stereocenters. The van der Waals surface area contributed by atoms with Gasteiger partial charge in [-0.2, -0.15) is 0 Å². The Labute approximate surface area is 111 Å². The first-order chi connectivity index (χ1) is 8.06. The molecule has 4 heteroatoms. The fourth-order valence-electron chi connectivity index (χ4n) is 1.67. The molecule has 0 heterocycles. The molecule has 94 valence electrons. The van der Waals surface area contributed by atoms with Gasteiger partial charge < -0.3 is 11.1 Å². The number of benzene rings is 1. The van der Waals surface area contributed by atoms with E-state index in [2.05, 4.69) is 21.2 Å². The highest BCUT2D eigenvalue weighted by Crippen LogP contribution is 2.22. The van der Waals surface area contributed by atoms with Crippen LogP contribution in [0.25, 0.3) is 0 Å². The average molecular weight is 299 g/mol. The zero-order valence-corrected chi connectivity index (χ0v) is 11.8. The van der Waals surface area contributed by atoms with E-state index < -0.39 is 6.04 Å². The molecule has 3 N–H and O–H groups in total. The number of nitrogens with two attached hydrogens (primary N) is 1. The number of nitrogens with one attached hydrogen (secondary N) is 1. The van der Waals surface area contributed by atoms with Crippen molar-refractivity contribution in [2.24, 2.45) is 5.73 Å². The van der Waals surface area contributed by atoms with Gasteiger partial charge in [-0.25, -0.2) is 0 Å². The standard InChI is InChI=1S/C13H19BrN2O/c1-3-6-12(15)13(17)16-9(2)10-7-4-5-8-11(10)14/h4-5,7-9,12H,3,6,15H2,1-2H3,(H,16,17)/t9?,12-/m0/s1. The van der Waals surface area contributed by atoms with Gasteiger partial charge in [0.1, 0.15) is 0 Å². The molecular weight excluding hydrogens is 280 g/mol. The van der Waals surface area contributed by atoms with Gasteiger partial charge in [0.2, 0.25) is 5.91 Å². The van der Waals surface area contributed by atoms with E-state index >= 15 is 0 Å². The molecule has 3 nitrogen and oxygen atoms in total. The summed E-state index contributed by atoms with van der Waals surface area (Å²) in [6.45, 7) is 3.97. The zero-order chi connectivity index (χ0) is 12.8. The van der Waals surface area contributed by atoms with Crippen LogP contribution in [-0.4, -0.2) is 11.9 Å². The van der Waals surface area contributed by atoms with Gasteiger partial charge >= 0.3 is 0 Å². The van der Waals surface area contributed by atoms with Crippen molar-refractivity contribution >= 4 is 21.8 Å². The summed E-state index contributed by atoms with van der Waals surface area (Å²) in [6.07, 6.45) is 1.63. The summed E-state index contributed by atoms with van der Waals surface area (Å²) in [6, 6.07) is 7.40. The topological polar surface area (TPSA) is 55.1 Å². The van der Waals surface area contributed by atoms with Crippen LogP contribution in [0.1, 0.15) is 38.3 Å². The van der Waals surface area contributed by atoms with Crippen molar-refractivity contribution in [3.05, 3.63) is 34.3 Å². The molecule has 1 aromatic rings. The highest BCUT2D eigenvalue weighted by Gasteiger charge is 2.16. The maximum Gasteiger partial charge on any atom is 0.237 e. The predicted molar refractivity (Wildman–Crippen MR) is 73.6 cm³/mol. The first kappa shape index (κ1) is 14.2. The van der Waals surface area contributed by atoms with Gasteiger partial charge in [0, 0.05) is 4.47 Å². The summed E-state index contributed by atoms with van der Waals surface area (Å²) in [5.41, 5.74) is 6.83. The van der Waals surface area contributed by atoms with Crippen molar-refractivity contribution in [1.82, 2.24) is 5.32 Å². The van der Waals surface area contributed by atoms with E-state index in [0.29, 0.717) is 6.42 Å². The summed E-state index contributed by atoms with van der Waals surface area (Å²) in [4.78, 5) is 11.8. The molecule has 2 atom stereocenters. The molecular formula is C13H19BrN2O. The van der Waals surface area contributed by atoms with Crippen molar-refractivity contribution in [3.8, 4) is 0 Å². The Kier molecular flexibility index (Phi) is 5.65. The summed E-state index contributed by atoms with van der Waals surface area (Å²) < 4.78 is 0.997. The van der Waals surface area contributed by atoms with Gasteiger partial charge in [-0.05, 0) is 25.0 Å². The lowest BCUT2D eigenvalue weighted by Gasteiger charge is -2.18. The van der Waals surface area contributed by atoms with Crippen LogP contribution in [0.4, 0.5) is 0 Å². The molecule has 0 saturated heterocycles. The second-order valence-corrected chi connectivity index (χ2v) is 5.00. The van der Waals surface area contributed by atoms with Gasteiger partial charge in [-0.3, -0.25) is 4.79 Å². The van der Waals surface area contributed by atoms with Crippen LogP contribution in [0.15, 0.2) is 28.7 Å². The van der Waals surface area contributed by atoms with Gasteiger partial charge in [-0.15, -0.1) is 0 Å². The molecule has 0 aromatic heterocycles. The highest BCUT2D eigenvalue weighted by atomic mass is 79.9.